The first-order valence-corrected chi connectivity index (χ1v) is 38.8. The Hall–Kier alpha value is -7.76. The summed E-state index contributed by atoms with van der Waals surface area (Å²) in [5.41, 5.74) is 30.8. The highest BCUT2D eigenvalue weighted by Gasteiger charge is 2.38. The van der Waals surface area contributed by atoms with Gasteiger partial charge in [-0.25, -0.2) is 0 Å². The minimum Gasteiger partial charge on any atom is -0.368 e. The van der Waals surface area contributed by atoms with Gasteiger partial charge in [0.05, 0.1) is 6.04 Å². The molecule has 0 aliphatic heterocycles. The van der Waals surface area contributed by atoms with Crippen LogP contribution in [0.4, 0.5) is 0 Å². The summed E-state index contributed by atoms with van der Waals surface area (Å²) in [6.45, 7) is 30.9. The summed E-state index contributed by atoms with van der Waals surface area (Å²) in [4.78, 5) is 174. The first-order valence-electron chi connectivity index (χ1n) is 38.8. The largest absolute Gasteiger partial charge is 0.368 e. The number of amides is 12. The van der Waals surface area contributed by atoms with Crippen molar-refractivity contribution in [3.05, 3.63) is 36.0 Å². The number of H-pyrrole nitrogens is 1. The Labute approximate surface area is 630 Å². The molecule has 1 aromatic carbocycles. The van der Waals surface area contributed by atoms with Crippen LogP contribution < -0.4 is 87.2 Å². The van der Waals surface area contributed by atoms with Crippen molar-refractivity contribution in [3.63, 3.8) is 0 Å². The van der Waals surface area contributed by atoms with E-state index in [0.29, 0.717) is 58.0 Å². The zero-order valence-corrected chi connectivity index (χ0v) is 66.6. The van der Waals surface area contributed by atoms with Crippen molar-refractivity contribution in [3.8, 4) is 0 Å². The lowest BCUT2D eigenvalue weighted by Crippen LogP contribution is -2.61. The van der Waals surface area contributed by atoms with E-state index in [1.54, 1.807) is 6.20 Å². The fourth-order valence-corrected chi connectivity index (χ4v) is 12.5. The number of aromatic nitrogens is 1. The van der Waals surface area contributed by atoms with Crippen molar-refractivity contribution >= 4 is 81.8 Å². The van der Waals surface area contributed by atoms with Crippen LogP contribution in [0.25, 0.3) is 10.9 Å². The van der Waals surface area contributed by atoms with Gasteiger partial charge in [-0.2, -0.15) is 0 Å². The van der Waals surface area contributed by atoms with Gasteiger partial charge >= 0.3 is 0 Å². The van der Waals surface area contributed by atoms with E-state index >= 15 is 0 Å². The van der Waals surface area contributed by atoms with E-state index in [9.17, 15) is 57.5 Å². The molecule has 2 rings (SSSR count). The number of aromatic amines is 1. The first kappa shape index (κ1) is 94.3. The second-order valence-electron chi connectivity index (χ2n) is 32.1. The number of para-hydroxylation sites is 1. The molecule has 106 heavy (non-hydrogen) atoms. The van der Waals surface area contributed by atoms with Crippen LogP contribution >= 0.6 is 0 Å². The normalized spacial score (nSPS) is 15.2. The maximum Gasteiger partial charge on any atom is 0.243 e. The van der Waals surface area contributed by atoms with Crippen molar-refractivity contribution in [1.29, 1.82) is 0 Å². The predicted octanol–water partition coefficient (Wildman–Crippen LogP) is 3.61. The third-order valence-corrected chi connectivity index (χ3v) is 17.9. The van der Waals surface area contributed by atoms with Crippen molar-refractivity contribution in [2.24, 2.45) is 76.0 Å². The van der Waals surface area contributed by atoms with Gasteiger partial charge in [0, 0.05) is 23.5 Å². The van der Waals surface area contributed by atoms with Crippen LogP contribution in [0.5, 0.6) is 0 Å². The van der Waals surface area contributed by atoms with Gasteiger partial charge in [-0.15, -0.1) is 0 Å². The summed E-state index contributed by atoms with van der Waals surface area (Å²) < 4.78 is 0. The molecular weight excluding hydrogens is 1350 g/mol. The van der Waals surface area contributed by atoms with Gasteiger partial charge in [-0.1, -0.05) is 135 Å². The van der Waals surface area contributed by atoms with Crippen LogP contribution in [0.3, 0.4) is 0 Å². The highest BCUT2D eigenvalue weighted by Crippen LogP contribution is 2.22. The number of hydrogen-bond acceptors (Lipinski definition) is 16. The van der Waals surface area contributed by atoms with Crippen LogP contribution in [-0.2, 0) is 64.0 Å². The molecule has 29 nitrogen and oxygen atoms in total. The summed E-state index contributed by atoms with van der Waals surface area (Å²) >= 11 is 0. The molecule has 12 atom stereocenters. The molecule has 0 aliphatic carbocycles. The Morgan fingerprint density at radius 3 is 0.830 bits per heavy atom. The van der Waals surface area contributed by atoms with E-state index in [1.165, 1.54) is 0 Å². The Morgan fingerprint density at radius 1 is 0.311 bits per heavy atom. The highest BCUT2D eigenvalue weighted by molar-refractivity contribution is 6.00. The molecule has 1 aromatic heterocycles. The van der Waals surface area contributed by atoms with Gasteiger partial charge in [0.1, 0.15) is 66.5 Å². The van der Waals surface area contributed by atoms with Gasteiger partial charge in [-0.3, -0.25) is 57.5 Å². The molecule has 602 valence electrons. The van der Waals surface area contributed by atoms with Crippen LogP contribution in [0.1, 0.15) is 225 Å². The highest BCUT2D eigenvalue weighted by atomic mass is 16.2. The van der Waals surface area contributed by atoms with E-state index in [4.69, 9.17) is 28.7 Å². The number of primary amides is 1. The second kappa shape index (κ2) is 49.2. The van der Waals surface area contributed by atoms with Crippen LogP contribution in [-0.4, -0.2) is 168 Å². The smallest absolute Gasteiger partial charge is 0.243 e. The Morgan fingerprint density at radius 2 is 0.547 bits per heavy atom. The maximum absolute atomic E-state index is 14.8. The molecule has 0 bridgehead atoms. The van der Waals surface area contributed by atoms with Crippen molar-refractivity contribution < 1.29 is 57.5 Å². The molecule has 0 fully saturated rings. The molecule has 12 amide bonds. The van der Waals surface area contributed by atoms with Crippen LogP contribution in [0.15, 0.2) is 30.5 Å². The molecule has 1 heterocycles. The average molecular weight is 1490 g/mol. The van der Waals surface area contributed by atoms with Crippen molar-refractivity contribution in [2.75, 3.05) is 19.6 Å². The number of carbonyl (C=O) groups is 12. The summed E-state index contributed by atoms with van der Waals surface area (Å²) in [5, 5.41) is 32.0. The van der Waals surface area contributed by atoms with Gasteiger partial charge in [0.25, 0.3) is 0 Å². The molecule has 2 aromatic rings. The number of fused-ring (bicyclic) bond motifs is 1. The fourth-order valence-electron chi connectivity index (χ4n) is 12.5. The third kappa shape index (κ3) is 36.2. The Kier molecular flexibility index (Phi) is 43.8. The van der Waals surface area contributed by atoms with Crippen molar-refractivity contribution in [2.45, 2.75) is 299 Å². The monoisotopic (exact) mass is 1490 g/mol. The number of hydrogen-bond donors (Lipinski definition) is 17. The number of nitrogens with two attached hydrogens (primary N) is 5. The zero-order valence-electron chi connectivity index (χ0n) is 66.6. The molecule has 0 radical (unpaired) electrons. The Bertz CT molecular complexity index is 3080. The SMILES string of the molecule is CC(C)C[C@H](NC(=O)[C@H](CC(C)C)NC(=O)[C@@H](CC(C)C)NC(=O)[C@@H](CC(C)C)NC(=O)[C@H](Cc1c[nH]c2ccccc12)NC(=O)[C@@H](N)CCCCN)C(=O)N[C@@H](CCCCN)C(=O)N[C@H](CC(C)C)C(=O)N[C@@H](CC(C)C)C(=O)N[C@H](CC(C)C)C(=O)N[C@@H](CC(C)C)C(=O)N[C@@H](CCCCN)C(N)=O. The van der Waals surface area contributed by atoms with E-state index in [2.05, 4.69) is 63.5 Å². The topological polar surface area (TPSA) is 483 Å². The molecular formula is C77H137N17O12. The number of unbranched alkanes of at least 4 members (excludes halogenated alkanes) is 3. The van der Waals surface area contributed by atoms with E-state index in [1.807, 2.05) is 135 Å². The first-order chi connectivity index (χ1) is 49.8. The molecule has 0 saturated heterocycles. The van der Waals surface area contributed by atoms with Gasteiger partial charge < -0.3 is 92.1 Å². The summed E-state index contributed by atoms with van der Waals surface area (Å²) in [6, 6.07) is -6.41. The maximum atomic E-state index is 14.8. The number of carbonyl (C=O) groups excluding carboxylic acids is 12. The molecule has 22 N–H and O–H groups in total. The Balaban J connectivity index is 2.50. The summed E-state index contributed by atoms with van der Waals surface area (Å²) in [5.74, 6) is -9.31. The van der Waals surface area contributed by atoms with Crippen LogP contribution in [0, 0.1) is 47.3 Å². The van der Waals surface area contributed by atoms with Gasteiger partial charge in [-0.05, 0) is 181 Å². The summed E-state index contributed by atoms with van der Waals surface area (Å²) in [6.07, 6.45) is 6.80. The minimum absolute atomic E-state index is 0.0543. The standard InChI is InChI=1S/C77H137N17O12/c1-43(2)33-57(69(98)84-55(66(82)95)28-20-23-31-79)88-72(101)60(36-46(7)8)91-74(103)62(38-48(11)12)90-71(100)59(35-45(5)6)87-68(97)56(29-21-24-32-80)85-70(99)58(34-44(3)4)89-73(102)61(37-47(9)10)92-75(104)63(39-49(13)14)93-76(105)64(40-50(15)16)94-77(106)65(86-67(96)53(81)26-19-22-30-78)41-51-42-83-54-27-18-17-25-52(51)54/h17-18,25,27,42-50,53,55-65,83H,19-24,26,28-41,78-81H2,1-16H3,(H2,82,95)(H,84,98)(H,85,99)(H,86,96)(H,87,97)(H,88,101)(H,89,102)(H,90,100)(H,91,103)(H,92,104)(H,93,105)(H,94,106)/t53-,55-,56-,57-,58-,59+,60+,61-,62-,63+,64+,65-/m0/s1. The van der Waals surface area contributed by atoms with Gasteiger partial charge in [0.15, 0.2) is 0 Å². The lowest BCUT2D eigenvalue weighted by molar-refractivity contribution is -0.137. The number of rotatable bonds is 53. The molecule has 0 spiro atoms. The minimum atomic E-state index is -1.26. The molecule has 0 unspecified atom stereocenters. The quantitative estimate of drug-likeness (QED) is 0.0421. The van der Waals surface area contributed by atoms with E-state index in [0.717, 1.165) is 16.5 Å². The fraction of sp³-hybridized carbons (Fsp3) is 0.740. The lowest BCUT2D eigenvalue weighted by atomic mass is 9.97. The lowest BCUT2D eigenvalue weighted by Gasteiger charge is -2.30. The molecule has 0 aliphatic rings. The van der Waals surface area contributed by atoms with E-state index in [-0.39, 0.29) is 125 Å². The van der Waals surface area contributed by atoms with E-state index < -0.39 is 143 Å². The molecule has 0 saturated carbocycles. The van der Waals surface area contributed by atoms with Crippen LogP contribution in [0.2, 0.25) is 0 Å². The zero-order chi connectivity index (χ0) is 80.1. The number of benzene rings is 1. The van der Waals surface area contributed by atoms with Gasteiger partial charge in [0.2, 0.25) is 70.9 Å². The number of nitrogens with one attached hydrogen (secondary N) is 12. The third-order valence-electron chi connectivity index (χ3n) is 17.9. The van der Waals surface area contributed by atoms with Crippen molar-refractivity contribution in [1.82, 2.24) is 63.5 Å². The summed E-state index contributed by atoms with van der Waals surface area (Å²) in [7, 11) is 0. The molecule has 29 heteroatoms. The average Bonchev–Trinajstić information content (AvgIpc) is 1.66. The predicted molar refractivity (Wildman–Crippen MR) is 415 cm³/mol. The second-order valence-corrected chi connectivity index (χ2v) is 32.1.